The Morgan fingerprint density at radius 2 is 1.64 bits per heavy atom. The summed E-state index contributed by atoms with van der Waals surface area (Å²) in [5.74, 6) is 1.45. The van der Waals surface area contributed by atoms with Gasteiger partial charge in [-0.2, -0.15) is 0 Å². The van der Waals surface area contributed by atoms with E-state index < -0.39 is 7.60 Å². The number of oxazole rings is 1. The van der Waals surface area contributed by atoms with E-state index in [1.165, 1.54) is 14.2 Å². The van der Waals surface area contributed by atoms with Crippen LogP contribution in [0.2, 0.25) is 0 Å². The van der Waals surface area contributed by atoms with Gasteiger partial charge in [-0.1, -0.05) is 42.5 Å². The molecule has 7 nitrogen and oxygen atoms in total. The molecule has 3 rings (SSSR count). The lowest BCUT2D eigenvalue weighted by molar-refractivity contribution is 0.286. The van der Waals surface area contributed by atoms with Crippen molar-refractivity contribution in [2.75, 3.05) is 26.6 Å². The summed E-state index contributed by atoms with van der Waals surface area (Å²) in [5.41, 5.74) is 2.16. The van der Waals surface area contributed by atoms with Crippen molar-refractivity contribution in [1.29, 1.82) is 0 Å². The molecule has 1 N–H and O–H groups in total. The lowest BCUT2D eigenvalue weighted by atomic mass is 10.1. The standard InChI is InChI=1S/C20H23N2O5P/c1-24-17-11-9-15(10-12-17)13-18-22-20(28(23,25-2)26-3)19(27-18)21-14-16-7-5-4-6-8-16/h4-12,21H,13-14H2,1-3H3. The minimum atomic E-state index is -3.58. The number of ether oxygens (including phenoxy) is 1. The Hall–Kier alpha value is -2.60. The summed E-state index contributed by atoms with van der Waals surface area (Å²) in [5, 5.41) is 3.15. The molecule has 28 heavy (non-hydrogen) atoms. The van der Waals surface area contributed by atoms with E-state index in [9.17, 15) is 4.57 Å². The molecular weight excluding hydrogens is 379 g/mol. The molecule has 0 aliphatic carbocycles. The summed E-state index contributed by atoms with van der Waals surface area (Å²) < 4.78 is 34.2. The highest BCUT2D eigenvalue weighted by Crippen LogP contribution is 2.47. The monoisotopic (exact) mass is 402 g/mol. The predicted molar refractivity (Wildman–Crippen MR) is 107 cm³/mol. The summed E-state index contributed by atoms with van der Waals surface area (Å²) in [6.45, 7) is 0.485. The lowest BCUT2D eigenvalue weighted by Crippen LogP contribution is -2.15. The number of hydrogen-bond acceptors (Lipinski definition) is 7. The normalized spacial score (nSPS) is 11.4. The second-order valence-electron chi connectivity index (χ2n) is 5.99. The lowest BCUT2D eigenvalue weighted by Gasteiger charge is -2.12. The second-order valence-corrected chi connectivity index (χ2v) is 8.14. The van der Waals surface area contributed by atoms with Gasteiger partial charge in [0.05, 0.1) is 7.11 Å². The third-order valence-corrected chi connectivity index (χ3v) is 5.99. The van der Waals surface area contributed by atoms with Crippen LogP contribution < -0.4 is 15.5 Å². The van der Waals surface area contributed by atoms with Crippen LogP contribution in [-0.4, -0.2) is 26.3 Å². The first-order valence-electron chi connectivity index (χ1n) is 8.70. The SMILES string of the molecule is COc1ccc(Cc2nc(P(=O)(OC)OC)c(NCc3ccccc3)o2)cc1. The van der Waals surface area contributed by atoms with Gasteiger partial charge in [0.25, 0.3) is 0 Å². The zero-order valence-corrected chi connectivity index (χ0v) is 16.9. The number of aromatic nitrogens is 1. The molecule has 0 saturated carbocycles. The fraction of sp³-hybridized carbons (Fsp3) is 0.250. The smallest absolute Gasteiger partial charge is 0.384 e. The molecule has 0 unspecified atom stereocenters. The average Bonchev–Trinajstić information content (AvgIpc) is 3.16. The van der Waals surface area contributed by atoms with Crippen LogP contribution in [0.5, 0.6) is 5.75 Å². The highest BCUT2D eigenvalue weighted by Gasteiger charge is 2.34. The highest BCUT2D eigenvalue weighted by atomic mass is 31.2. The zero-order valence-electron chi connectivity index (χ0n) is 16.0. The molecule has 0 saturated heterocycles. The van der Waals surface area contributed by atoms with Crippen molar-refractivity contribution in [2.45, 2.75) is 13.0 Å². The number of benzene rings is 2. The van der Waals surface area contributed by atoms with Crippen molar-refractivity contribution >= 4 is 18.9 Å². The highest BCUT2D eigenvalue weighted by molar-refractivity contribution is 7.62. The van der Waals surface area contributed by atoms with Crippen molar-refractivity contribution in [1.82, 2.24) is 4.98 Å². The van der Waals surface area contributed by atoms with Gasteiger partial charge in [0.1, 0.15) is 5.75 Å². The molecule has 0 bridgehead atoms. The van der Waals surface area contributed by atoms with Gasteiger partial charge in [-0.3, -0.25) is 4.57 Å². The first-order chi connectivity index (χ1) is 13.6. The van der Waals surface area contributed by atoms with Crippen molar-refractivity contribution < 1.29 is 22.8 Å². The van der Waals surface area contributed by atoms with Gasteiger partial charge in [-0.05, 0) is 23.3 Å². The molecule has 0 radical (unpaired) electrons. The topological polar surface area (TPSA) is 82.8 Å². The molecule has 2 aromatic carbocycles. The minimum Gasteiger partial charge on any atom is -0.497 e. The van der Waals surface area contributed by atoms with Crippen LogP contribution in [0, 0.1) is 0 Å². The van der Waals surface area contributed by atoms with Crippen molar-refractivity contribution in [3.05, 3.63) is 71.6 Å². The van der Waals surface area contributed by atoms with Crippen LogP contribution in [0.4, 0.5) is 5.88 Å². The van der Waals surface area contributed by atoms with E-state index in [0.717, 1.165) is 16.9 Å². The van der Waals surface area contributed by atoms with Crippen LogP contribution in [0.15, 0.2) is 59.0 Å². The Morgan fingerprint density at radius 3 is 2.25 bits per heavy atom. The molecule has 8 heteroatoms. The summed E-state index contributed by atoms with van der Waals surface area (Å²) in [7, 11) is 0.687. The fourth-order valence-corrected chi connectivity index (χ4v) is 3.78. The molecule has 1 heterocycles. The largest absolute Gasteiger partial charge is 0.497 e. The zero-order chi connectivity index (χ0) is 20.0. The van der Waals surface area contributed by atoms with Crippen LogP contribution in [-0.2, 0) is 26.6 Å². The van der Waals surface area contributed by atoms with Gasteiger partial charge in [-0.25, -0.2) is 4.98 Å². The first kappa shape index (κ1) is 20.1. The van der Waals surface area contributed by atoms with Crippen LogP contribution in [0.25, 0.3) is 0 Å². The number of rotatable bonds is 9. The number of anilines is 1. The summed E-state index contributed by atoms with van der Waals surface area (Å²) >= 11 is 0. The predicted octanol–water partition coefficient (Wildman–Crippen LogP) is 4.00. The van der Waals surface area contributed by atoms with E-state index in [-0.39, 0.29) is 11.3 Å². The van der Waals surface area contributed by atoms with Gasteiger partial charge < -0.3 is 23.5 Å². The van der Waals surface area contributed by atoms with Crippen LogP contribution >= 0.6 is 7.60 Å². The van der Waals surface area contributed by atoms with Crippen LogP contribution in [0.1, 0.15) is 17.0 Å². The van der Waals surface area contributed by atoms with E-state index in [1.54, 1.807) is 7.11 Å². The van der Waals surface area contributed by atoms with Gasteiger partial charge in [0, 0.05) is 27.2 Å². The van der Waals surface area contributed by atoms with Crippen molar-refractivity contribution in [2.24, 2.45) is 0 Å². The maximum absolute atomic E-state index is 12.9. The van der Waals surface area contributed by atoms with Gasteiger partial charge >= 0.3 is 7.60 Å². The third kappa shape index (κ3) is 4.62. The van der Waals surface area contributed by atoms with Gasteiger partial charge in [0.2, 0.25) is 17.2 Å². The molecule has 0 aliphatic heterocycles. The maximum Gasteiger partial charge on any atom is 0.384 e. The Labute approximate surface area is 164 Å². The first-order valence-corrected chi connectivity index (χ1v) is 10.2. The Bertz CT molecular complexity index is 933. The Morgan fingerprint density at radius 1 is 0.964 bits per heavy atom. The van der Waals surface area contributed by atoms with E-state index >= 15 is 0 Å². The molecule has 3 aromatic rings. The number of methoxy groups -OCH3 is 1. The number of nitrogens with one attached hydrogen (secondary N) is 1. The molecule has 0 aliphatic rings. The molecular formula is C20H23N2O5P. The fourth-order valence-electron chi connectivity index (χ4n) is 2.68. The second kappa shape index (κ2) is 9.06. The molecule has 148 valence electrons. The number of hydrogen-bond donors (Lipinski definition) is 1. The average molecular weight is 402 g/mol. The third-order valence-electron chi connectivity index (χ3n) is 4.20. The Kier molecular flexibility index (Phi) is 6.52. The molecule has 1 aromatic heterocycles. The van der Waals surface area contributed by atoms with E-state index in [0.29, 0.717) is 18.9 Å². The van der Waals surface area contributed by atoms with Gasteiger partial charge in [-0.15, -0.1) is 0 Å². The Balaban J connectivity index is 1.86. The van der Waals surface area contributed by atoms with Crippen molar-refractivity contribution in [3.63, 3.8) is 0 Å². The van der Waals surface area contributed by atoms with E-state index in [2.05, 4.69) is 10.3 Å². The molecule has 0 amide bonds. The van der Waals surface area contributed by atoms with Gasteiger partial charge in [0.15, 0.2) is 0 Å². The minimum absolute atomic E-state index is 0.136. The maximum atomic E-state index is 12.9. The molecule has 0 fully saturated rings. The summed E-state index contributed by atoms with van der Waals surface area (Å²) in [6.07, 6.45) is 0.428. The number of nitrogens with zero attached hydrogens (tertiary/aromatic N) is 1. The van der Waals surface area contributed by atoms with E-state index in [1.807, 2.05) is 54.6 Å². The summed E-state index contributed by atoms with van der Waals surface area (Å²) in [4.78, 5) is 4.40. The van der Waals surface area contributed by atoms with Crippen molar-refractivity contribution in [3.8, 4) is 5.75 Å². The molecule has 0 atom stereocenters. The van der Waals surface area contributed by atoms with Crippen LogP contribution in [0.3, 0.4) is 0 Å². The summed E-state index contributed by atoms with van der Waals surface area (Å²) in [6, 6.07) is 17.4. The quantitative estimate of drug-likeness (QED) is 0.542. The molecule has 0 spiro atoms. The van der Waals surface area contributed by atoms with E-state index in [4.69, 9.17) is 18.2 Å².